The first-order chi connectivity index (χ1) is 15.5. The molecule has 0 radical (unpaired) electrons. The van der Waals surface area contributed by atoms with Crippen LogP contribution in [0.25, 0.3) is 11.6 Å². The van der Waals surface area contributed by atoms with Crippen molar-refractivity contribution in [1.29, 1.82) is 0 Å². The molecule has 3 aliphatic heterocycles. The number of aromatic nitrogens is 1. The Bertz CT molecular complexity index is 1090. The standard InChI is InChI=1S/C23H26N4O4S.ClH/c1-15-12-26(5-6-31-15)13-17-8-18(24-11-17)10-20-19-9-16(2-3-21(19)25-23(20)29)14-27-22(28)4-7-32(27)30;/h2-3,8-11,15,24H,4-7,12-14H2,1H3,(H,25,29);1H. The first-order valence-corrected chi connectivity index (χ1v) is 12.1. The summed E-state index contributed by atoms with van der Waals surface area (Å²) >= 11 is -1.27. The van der Waals surface area contributed by atoms with E-state index in [1.54, 1.807) is 0 Å². The minimum atomic E-state index is -1.27. The highest BCUT2D eigenvalue weighted by Gasteiger charge is 2.34. The van der Waals surface area contributed by atoms with Gasteiger partial charge in [0.25, 0.3) is 11.8 Å². The predicted molar refractivity (Wildman–Crippen MR) is 130 cm³/mol. The van der Waals surface area contributed by atoms with Crippen LogP contribution in [0.1, 0.15) is 35.7 Å². The number of fused-ring (bicyclic) bond motifs is 1. The van der Waals surface area contributed by atoms with Crippen molar-refractivity contribution in [2.24, 2.45) is 0 Å². The molecule has 8 nitrogen and oxygen atoms in total. The van der Waals surface area contributed by atoms with Crippen LogP contribution in [0.3, 0.4) is 0 Å². The van der Waals surface area contributed by atoms with E-state index >= 15 is 0 Å². The molecule has 5 rings (SSSR count). The summed E-state index contributed by atoms with van der Waals surface area (Å²) in [6.45, 7) is 5.77. The van der Waals surface area contributed by atoms with Crippen molar-refractivity contribution in [2.75, 3.05) is 30.8 Å². The van der Waals surface area contributed by atoms with Crippen molar-refractivity contribution in [2.45, 2.75) is 32.5 Å². The van der Waals surface area contributed by atoms with Gasteiger partial charge in [0.05, 0.1) is 42.6 Å². The van der Waals surface area contributed by atoms with Crippen molar-refractivity contribution in [3.8, 4) is 0 Å². The molecule has 0 spiro atoms. The molecule has 2 N–H and O–H groups in total. The average Bonchev–Trinajstić information content (AvgIpc) is 3.43. The maximum atomic E-state index is 12.6. The summed E-state index contributed by atoms with van der Waals surface area (Å²) in [6, 6.07) is 7.67. The third kappa shape index (κ3) is 5.12. The highest BCUT2D eigenvalue weighted by molar-refractivity contribution is 7.90. The zero-order chi connectivity index (χ0) is 22.2. The normalized spacial score (nSPS) is 24.2. The zero-order valence-electron chi connectivity index (χ0n) is 18.3. The summed E-state index contributed by atoms with van der Waals surface area (Å²) < 4.78 is 19.1. The Hall–Kier alpha value is -2.30. The number of halogens is 1. The molecular weight excluding hydrogens is 464 g/mol. The molecule has 0 saturated carbocycles. The minimum absolute atomic E-state index is 0. The number of morpholine rings is 1. The molecule has 2 saturated heterocycles. The Kier molecular flexibility index (Phi) is 7.16. The molecule has 10 heteroatoms. The second-order valence-corrected chi connectivity index (χ2v) is 9.97. The maximum Gasteiger partial charge on any atom is 0.269 e. The van der Waals surface area contributed by atoms with Gasteiger partial charge in [0.15, 0.2) is 0 Å². The van der Waals surface area contributed by atoms with Gasteiger partial charge in [-0.2, -0.15) is 4.31 Å². The number of ether oxygens (including phenoxy) is 1. The Morgan fingerprint density at radius 1 is 1.24 bits per heavy atom. The van der Waals surface area contributed by atoms with Crippen molar-refractivity contribution in [1.82, 2.24) is 14.2 Å². The van der Waals surface area contributed by atoms with Gasteiger partial charge in [-0.3, -0.25) is 14.5 Å². The minimum Gasteiger partial charge on any atom is -0.593 e. The number of anilines is 1. The second-order valence-electron chi connectivity index (χ2n) is 8.48. The fourth-order valence-electron chi connectivity index (χ4n) is 4.41. The number of aromatic amines is 1. The maximum absolute atomic E-state index is 12.6. The van der Waals surface area contributed by atoms with Gasteiger partial charge in [0, 0.05) is 42.8 Å². The van der Waals surface area contributed by atoms with Crippen LogP contribution >= 0.6 is 12.4 Å². The quantitative estimate of drug-likeness (QED) is 0.495. The van der Waals surface area contributed by atoms with Gasteiger partial charge in [0.1, 0.15) is 5.75 Å². The number of nitrogens with one attached hydrogen (secondary N) is 2. The molecule has 33 heavy (non-hydrogen) atoms. The lowest BCUT2D eigenvalue weighted by molar-refractivity contribution is -0.125. The van der Waals surface area contributed by atoms with Crippen LogP contribution in [0.4, 0.5) is 5.69 Å². The zero-order valence-corrected chi connectivity index (χ0v) is 20.0. The second kappa shape index (κ2) is 9.90. The SMILES string of the molecule is CC1CN(Cc2c[nH]c(C=C3C(=O)Nc4ccc(CN5C(=O)CC[S+]5[O-])cc43)c2)CCO1.Cl. The molecular formula is C23H27ClN4O4S. The molecule has 4 heterocycles. The molecule has 2 unspecified atom stereocenters. The molecule has 2 aromatic rings. The van der Waals surface area contributed by atoms with Crippen molar-refractivity contribution < 1.29 is 18.9 Å². The summed E-state index contributed by atoms with van der Waals surface area (Å²) in [5.41, 5.74) is 4.98. The van der Waals surface area contributed by atoms with Gasteiger partial charge in [-0.15, -0.1) is 12.4 Å². The number of hydrogen-bond acceptors (Lipinski definition) is 5. The average molecular weight is 491 g/mol. The molecule has 0 bridgehead atoms. The predicted octanol–water partition coefficient (Wildman–Crippen LogP) is 2.55. The van der Waals surface area contributed by atoms with Crippen LogP contribution in [-0.4, -0.2) is 62.1 Å². The molecule has 3 aliphatic rings. The lowest BCUT2D eigenvalue weighted by Gasteiger charge is -2.30. The van der Waals surface area contributed by atoms with Crippen molar-refractivity contribution in [3.05, 3.63) is 52.8 Å². The van der Waals surface area contributed by atoms with Gasteiger partial charge >= 0.3 is 0 Å². The Balaban J connectivity index is 0.00000259. The number of benzene rings is 1. The largest absolute Gasteiger partial charge is 0.593 e. The fraction of sp³-hybridized carbons (Fsp3) is 0.391. The summed E-state index contributed by atoms with van der Waals surface area (Å²) in [5, 5.41) is 2.90. The number of carbonyl (C=O) groups is 2. The van der Waals surface area contributed by atoms with Gasteiger partial charge in [0.2, 0.25) is 0 Å². The highest BCUT2D eigenvalue weighted by Crippen LogP contribution is 2.34. The number of H-pyrrole nitrogens is 1. The Labute approximate surface area is 202 Å². The summed E-state index contributed by atoms with van der Waals surface area (Å²) in [4.78, 5) is 30.2. The lowest BCUT2D eigenvalue weighted by Crippen LogP contribution is -2.40. The summed E-state index contributed by atoms with van der Waals surface area (Å²) in [7, 11) is 0. The Morgan fingerprint density at radius 3 is 2.85 bits per heavy atom. The van der Waals surface area contributed by atoms with E-state index < -0.39 is 11.4 Å². The van der Waals surface area contributed by atoms with E-state index in [0.29, 0.717) is 17.7 Å². The van der Waals surface area contributed by atoms with Gasteiger partial charge in [-0.25, -0.2) is 0 Å². The molecule has 2 atom stereocenters. The molecule has 2 fully saturated rings. The van der Waals surface area contributed by atoms with Gasteiger partial charge < -0.3 is 19.6 Å². The van der Waals surface area contributed by atoms with E-state index in [-0.39, 0.29) is 36.9 Å². The van der Waals surface area contributed by atoms with Crippen LogP contribution in [-0.2, 0) is 38.8 Å². The molecule has 176 valence electrons. The molecule has 0 aliphatic carbocycles. The number of nitrogens with zero attached hydrogens (tertiary/aromatic N) is 2. The van der Waals surface area contributed by atoms with Gasteiger partial charge in [-0.05, 0) is 42.3 Å². The number of rotatable bonds is 5. The van der Waals surface area contributed by atoms with E-state index in [1.165, 1.54) is 4.31 Å². The number of amides is 2. The van der Waals surface area contributed by atoms with Crippen LogP contribution in [0.15, 0.2) is 30.5 Å². The highest BCUT2D eigenvalue weighted by atomic mass is 35.5. The van der Waals surface area contributed by atoms with E-state index in [9.17, 15) is 14.1 Å². The number of carbonyl (C=O) groups excluding carboxylic acids is 2. The third-order valence-corrected chi connectivity index (χ3v) is 7.38. The smallest absolute Gasteiger partial charge is 0.269 e. The van der Waals surface area contributed by atoms with Gasteiger partial charge in [-0.1, -0.05) is 6.07 Å². The van der Waals surface area contributed by atoms with Crippen LogP contribution in [0.2, 0.25) is 0 Å². The lowest BCUT2D eigenvalue weighted by atomic mass is 10.0. The van der Waals surface area contributed by atoms with Crippen molar-refractivity contribution >= 4 is 52.9 Å². The molecule has 1 aromatic heterocycles. The number of hydrogen-bond donors (Lipinski definition) is 2. The third-order valence-electron chi connectivity index (χ3n) is 6.00. The Morgan fingerprint density at radius 2 is 2.09 bits per heavy atom. The fourth-order valence-corrected chi connectivity index (χ4v) is 5.59. The molecule has 2 amide bonds. The van der Waals surface area contributed by atoms with Crippen LogP contribution in [0, 0.1) is 0 Å². The monoisotopic (exact) mass is 490 g/mol. The van der Waals surface area contributed by atoms with E-state index in [0.717, 1.165) is 54.3 Å². The van der Waals surface area contributed by atoms with Crippen LogP contribution in [0.5, 0.6) is 0 Å². The first kappa shape index (κ1) is 23.8. The molecule has 1 aromatic carbocycles. The van der Waals surface area contributed by atoms with Crippen molar-refractivity contribution in [3.63, 3.8) is 0 Å². The van der Waals surface area contributed by atoms with Crippen LogP contribution < -0.4 is 5.32 Å². The first-order valence-electron chi connectivity index (χ1n) is 10.8. The summed E-state index contributed by atoms with van der Waals surface area (Å²) in [6.07, 6.45) is 4.40. The van der Waals surface area contributed by atoms with E-state index in [4.69, 9.17) is 4.74 Å². The topological polar surface area (TPSA) is 101 Å². The van der Waals surface area contributed by atoms with E-state index in [2.05, 4.69) is 28.2 Å². The van der Waals surface area contributed by atoms with E-state index in [1.807, 2.05) is 30.5 Å². The summed E-state index contributed by atoms with van der Waals surface area (Å²) in [5.74, 6) is 0.131.